The molecule has 0 aromatic heterocycles. The van der Waals surface area contributed by atoms with E-state index in [9.17, 15) is 8.78 Å². The van der Waals surface area contributed by atoms with Crippen molar-refractivity contribution in [1.29, 1.82) is 0 Å². The SMILES string of the molecule is CCCCC[C@H]1CC[C@H](c2ccccc2C2(F)C=C(F)CC=C2F)CC1. The van der Waals surface area contributed by atoms with Crippen LogP contribution >= 0.6 is 0 Å². The first-order chi connectivity index (χ1) is 12.5. The third-order valence-corrected chi connectivity index (χ3v) is 6.03. The summed E-state index contributed by atoms with van der Waals surface area (Å²) >= 11 is 0. The van der Waals surface area contributed by atoms with E-state index in [0.29, 0.717) is 0 Å². The van der Waals surface area contributed by atoms with E-state index >= 15 is 4.39 Å². The third-order valence-electron chi connectivity index (χ3n) is 6.03. The molecule has 0 amide bonds. The van der Waals surface area contributed by atoms with E-state index in [1.807, 2.05) is 12.1 Å². The normalized spacial score (nSPS) is 29.2. The van der Waals surface area contributed by atoms with E-state index in [4.69, 9.17) is 0 Å². The summed E-state index contributed by atoms with van der Waals surface area (Å²) in [6.07, 6.45) is 11.1. The van der Waals surface area contributed by atoms with Gasteiger partial charge in [-0.25, -0.2) is 13.2 Å². The molecule has 142 valence electrons. The maximum absolute atomic E-state index is 15.5. The van der Waals surface area contributed by atoms with Gasteiger partial charge in [0.2, 0.25) is 5.67 Å². The van der Waals surface area contributed by atoms with Crippen molar-refractivity contribution in [2.24, 2.45) is 5.92 Å². The lowest BCUT2D eigenvalue weighted by atomic mass is 9.74. The topological polar surface area (TPSA) is 0 Å². The molecule has 2 aliphatic rings. The van der Waals surface area contributed by atoms with E-state index in [2.05, 4.69) is 6.92 Å². The average Bonchev–Trinajstić information content (AvgIpc) is 2.66. The molecule has 0 heterocycles. The van der Waals surface area contributed by atoms with Gasteiger partial charge in [-0.2, -0.15) is 0 Å². The van der Waals surface area contributed by atoms with Crippen molar-refractivity contribution in [1.82, 2.24) is 0 Å². The quantitative estimate of drug-likeness (QED) is 0.453. The molecular weight excluding hydrogens is 333 g/mol. The second kappa shape index (κ2) is 8.45. The summed E-state index contributed by atoms with van der Waals surface area (Å²) in [6, 6.07) is 7.10. The molecule has 1 unspecified atom stereocenters. The number of unbranched alkanes of at least 4 members (excludes halogenated alkanes) is 2. The number of rotatable bonds is 6. The summed E-state index contributed by atoms with van der Waals surface area (Å²) in [6.45, 7) is 2.22. The van der Waals surface area contributed by atoms with Crippen LogP contribution in [0.15, 0.2) is 48.1 Å². The predicted molar refractivity (Wildman–Crippen MR) is 101 cm³/mol. The van der Waals surface area contributed by atoms with Crippen LogP contribution in [-0.4, -0.2) is 0 Å². The summed E-state index contributed by atoms with van der Waals surface area (Å²) in [5, 5.41) is 0. The van der Waals surface area contributed by atoms with Gasteiger partial charge in [-0.1, -0.05) is 56.9 Å². The lowest BCUT2D eigenvalue weighted by Gasteiger charge is -2.33. The Labute approximate surface area is 155 Å². The number of halogens is 3. The van der Waals surface area contributed by atoms with Gasteiger partial charge in [-0.15, -0.1) is 0 Å². The van der Waals surface area contributed by atoms with Gasteiger partial charge >= 0.3 is 0 Å². The zero-order chi connectivity index (χ0) is 18.6. The summed E-state index contributed by atoms with van der Waals surface area (Å²) < 4.78 is 43.6. The van der Waals surface area contributed by atoms with Crippen molar-refractivity contribution < 1.29 is 13.2 Å². The van der Waals surface area contributed by atoms with Gasteiger partial charge in [0, 0.05) is 12.0 Å². The van der Waals surface area contributed by atoms with E-state index < -0.39 is 17.3 Å². The number of hydrogen-bond acceptors (Lipinski definition) is 0. The first kappa shape index (κ1) is 19.3. The van der Waals surface area contributed by atoms with Crippen molar-refractivity contribution in [3.63, 3.8) is 0 Å². The van der Waals surface area contributed by atoms with Crippen LogP contribution in [0.3, 0.4) is 0 Å². The van der Waals surface area contributed by atoms with Gasteiger partial charge in [-0.3, -0.25) is 0 Å². The van der Waals surface area contributed by atoms with E-state index in [1.54, 1.807) is 12.1 Å². The summed E-state index contributed by atoms with van der Waals surface area (Å²) in [5.74, 6) is -0.511. The molecule has 3 heteroatoms. The highest BCUT2D eigenvalue weighted by atomic mass is 19.2. The molecule has 1 atom stereocenters. The smallest absolute Gasteiger partial charge is 0.207 e. The summed E-state index contributed by atoms with van der Waals surface area (Å²) in [7, 11) is 0. The highest BCUT2D eigenvalue weighted by Gasteiger charge is 2.41. The second-order valence-corrected chi connectivity index (χ2v) is 7.86. The van der Waals surface area contributed by atoms with Crippen LogP contribution < -0.4 is 0 Å². The molecule has 3 rings (SSSR count). The maximum atomic E-state index is 15.5. The van der Waals surface area contributed by atoms with E-state index in [1.165, 1.54) is 25.7 Å². The molecule has 1 aromatic rings. The third kappa shape index (κ3) is 4.07. The summed E-state index contributed by atoms with van der Waals surface area (Å²) in [5.41, 5.74) is -1.34. The Morgan fingerprint density at radius 1 is 1.04 bits per heavy atom. The molecule has 0 saturated heterocycles. The minimum atomic E-state index is -2.46. The predicted octanol–water partition coefficient (Wildman–Crippen LogP) is 7.82. The average molecular weight is 362 g/mol. The van der Waals surface area contributed by atoms with E-state index in [-0.39, 0.29) is 17.9 Å². The summed E-state index contributed by atoms with van der Waals surface area (Å²) in [4.78, 5) is 0. The van der Waals surface area contributed by atoms with Gasteiger partial charge in [0.1, 0.15) is 11.7 Å². The van der Waals surface area contributed by atoms with Crippen LogP contribution in [-0.2, 0) is 5.67 Å². The van der Waals surface area contributed by atoms with Gasteiger partial charge in [0.25, 0.3) is 0 Å². The minimum absolute atomic E-state index is 0.164. The highest BCUT2D eigenvalue weighted by Crippen LogP contribution is 2.47. The zero-order valence-corrected chi connectivity index (χ0v) is 15.6. The molecule has 0 bridgehead atoms. The number of alkyl halides is 1. The first-order valence-electron chi connectivity index (χ1n) is 10.1. The molecule has 0 radical (unpaired) electrons. The van der Waals surface area contributed by atoms with Gasteiger partial charge in [0.15, 0.2) is 0 Å². The Bertz CT molecular complexity index is 668. The Balaban J connectivity index is 1.77. The fraction of sp³-hybridized carbons (Fsp3) is 0.565. The van der Waals surface area contributed by atoms with Crippen molar-refractivity contribution in [3.8, 4) is 0 Å². The lowest BCUT2D eigenvalue weighted by Crippen LogP contribution is -2.25. The Hall–Kier alpha value is -1.51. The first-order valence-corrected chi connectivity index (χ1v) is 10.1. The van der Waals surface area contributed by atoms with Crippen molar-refractivity contribution in [2.75, 3.05) is 0 Å². The monoisotopic (exact) mass is 362 g/mol. The van der Waals surface area contributed by atoms with E-state index in [0.717, 1.165) is 49.3 Å². The van der Waals surface area contributed by atoms with Crippen LogP contribution in [0.2, 0.25) is 0 Å². The molecule has 1 fully saturated rings. The van der Waals surface area contributed by atoms with Gasteiger partial charge in [-0.05, 0) is 55.2 Å². The van der Waals surface area contributed by atoms with Gasteiger partial charge in [0.05, 0.1) is 0 Å². The minimum Gasteiger partial charge on any atom is -0.226 e. The molecule has 0 N–H and O–H groups in total. The number of benzene rings is 1. The Morgan fingerprint density at radius 2 is 1.77 bits per heavy atom. The standard InChI is InChI=1S/C23H29F3/c1-2-3-4-7-17-10-12-18(13-11-17)20-8-5-6-9-21(20)23(26)16-19(24)14-15-22(23)25/h5-6,8-9,15-18H,2-4,7,10-14H2,1H3/t17-,18-,23?. The zero-order valence-electron chi connectivity index (χ0n) is 15.6. The van der Waals surface area contributed by atoms with Crippen LogP contribution in [0.1, 0.15) is 81.8 Å². The van der Waals surface area contributed by atoms with Crippen LogP contribution in [0.5, 0.6) is 0 Å². The molecular formula is C23H29F3. The lowest BCUT2D eigenvalue weighted by molar-refractivity contribution is 0.223. The Kier molecular flexibility index (Phi) is 6.26. The molecule has 1 aromatic carbocycles. The van der Waals surface area contributed by atoms with Gasteiger partial charge < -0.3 is 0 Å². The fourth-order valence-corrected chi connectivity index (χ4v) is 4.52. The molecule has 26 heavy (non-hydrogen) atoms. The highest BCUT2D eigenvalue weighted by molar-refractivity contribution is 5.45. The van der Waals surface area contributed by atoms with Crippen LogP contribution in [0.25, 0.3) is 0 Å². The largest absolute Gasteiger partial charge is 0.226 e. The second-order valence-electron chi connectivity index (χ2n) is 7.86. The Morgan fingerprint density at radius 3 is 2.50 bits per heavy atom. The molecule has 1 saturated carbocycles. The molecule has 0 spiro atoms. The fourth-order valence-electron chi connectivity index (χ4n) is 4.52. The number of hydrogen-bond donors (Lipinski definition) is 0. The van der Waals surface area contributed by atoms with Crippen molar-refractivity contribution in [3.05, 3.63) is 59.2 Å². The van der Waals surface area contributed by atoms with Crippen LogP contribution in [0.4, 0.5) is 13.2 Å². The molecule has 0 nitrogen and oxygen atoms in total. The molecule has 0 aliphatic heterocycles. The van der Waals surface area contributed by atoms with Crippen molar-refractivity contribution >= 4 is 0 Å². The van der Waals surface area contributed by atoms with Crippen molar-refractivity contribution in [2.45, 2.75) is 76.3 Å². The number of allylic oxidation sites excluding steroid dienone is 4. The maximum Gasteiger partial charge on any atom is 0.207 e. The molecule has 2 aliphatic carbocycles. The van der Waals surface area contributed by atoms with Crippen LogP contribution in [0, 0.1) is 5.92 Å².